The van der Waals surface area contributed by atoms with Crippen LogP contribution in [0.15, 0.2) is 36.7 Å². The maximum atomic E-state index is 12.2. The van der Waals surface area contributed by atoms with Crippen LogP contribution in [0.2, 0.25) is 10.0 Å². The molecule has 0 aliphatic carbocycles. The molecule has 0 saturated carbocycles. The number of rotatable bonds is 6. The number of carbonyl (C=O) groups excluding carboxylic acids is 1. The van der Waals surface area contributed by atoms with Crippen molar-refractivity contribution in [1.29, 1.82) is 0 Å². The summed E-state index contributed by atoms with van der Waals surface area (Å²) in [5.74, 6) is -0.208. The van der Waals surface area contributed by atoms with Crippen LogP contribution >= 0.6 is 23.2 Å². The Bertz CT molecular complexity index is 887. The van der Waals surface area contributed by atoms with E-state index >= 15 is 0 Å². The van der Waals surface area contributed by atoms with Crippen LogP contribution in [-0.4, -0.2) is 32.4 Å². The van der Waals surface area contributed by atoms with Crippen molar-refractivity contribution in [3.63, 3.8) is 0 Å². The van der Waals surface area contributed by atoms with E-state index in [0.29, 0.717) is 28.0 Å². The topological polar surface area (TPSA) is 75.6 Å². The Morgan fingerprint density at radius 3 is 2.88 bits per heavy atom. The second kappa shape index (κ2) is 7.72. The molecule has 2 aromatic heterocycles. The Kier molecular flexibility index (Phi) is 5.40. The first-order valence-corrected chi connectivity index (χ1v) is 8.56. The minimum atomic E-state index is -0.208. The molecule has 8 heteroatoms. The third-order valence-electron chi connectivity index (χ3n) is 3.64. The number of hydrogen-bond donors (Lipinski definition) is 2. The second-order valence-corrected chi connectivity index (χ2v) is 6.52. The predicted molar refractivity (Wildman–Crippen MR) is 98.0 cm³/mol. The van der Waals surface area contributed by atoms with Gasteiger partial charge in [-0.05, 0) is 43.2 Å². The first kappa shape index (κ1) is 17.5. The quantitative estimate of drug-likeness (QED) is 0.642. The monoisotopic (exact) mass is 377 g/mol. The maximum Gasteiger partial charge on any atom is 0.269 e. The van der Waals surface area contributed by atoms with Crippen molar-refractivity contribution in [2.24, 2.45) is 0 Å². The van der Waals surface area contributed by atoms with Gasteiger partial charge in [-0.3, -0.25) is 14.6 Å². The second-order valence-electron chi connectivity index (χ2n) is 5.68. The smallest absolute Gasteiger partial charge is 0.269 e. The van der Waals surface area contributed by atoms with Crippen molar-refractivity contribution in [3.8, 4) is 11.3 Å². The standard InChI is InChI=1S/C17H17Cl2N5O/c1-11-9-21-24(10-11)6-2-5-20-17(25)16-8-15(22-23-16)13-4-3-12(18)7-14(13)19/h3-4,7-10H,2,5-6H2,1H3,(H,20,25)(H,22,23). The summed E-state index contributed by atoms with van der Waals surface area (Å²) in [5.41, 5.74) is 2.82. The molecule has 1 aromatic carbocycles. The Morgan fingerprint density at radius 2 is 2.16 bits per heavy atom. The number of halogens is 2. The highest BCUT2D eigenvalue weighted by Crippen LogP contribution is 2.29. The number of benzene rings is 1. The molecule has 0 saturated heterocycles. The summed E-state index contributed by atoms with van der Waals surface area (Å²) in [7, 11) is 0. The van der Waals surface area contributed by atoms with E-state index in [1.165, 1.54) is 0 Å². The van der Waals surface area contributed by atoms with Gasteiger partial charge in [0.05, 0.1) is 16.9 Å². The molecule has 6 nitrogen and oxygen atoms in total. The lowest BCUT2D eigenvalue weighted by Gasteiger charge is -2.04. The molecule has 3 aromatic rings. The van der Waals surface area contributed by atoms with Crippen LogP contribution in [0.4, 0.5) is 0 Å². The molecule has 1 amide bonds. The highest BCUT2D eigenvalue weighted by atomic mass is 35.5. The van der Waals surface area contributed by atoms with E-state index in [1.807, 2.05) is 24.0 Å². The van der Waals surface area contributed by atoms with Crippen LogP contribution < -0.4 is 5.32 Å². The molecular formula is C17H17Cl2N5O. The zero-order valence-electron chi connectivity index (χ0n) is 13.6. The minimum Gasteiger partial charge on any atom is -0.351 e. The van der Waals surface area contributed by atoms with Gasteiger partial charge in [0, 0.05) is 29.9 Å². The zero-order valence-corrected chi connectivity index (χ0v) is 15.1. The number of nitrogens with one attached hydrogen (secondary N) is 2. The Morgan fingerprint density at radius 1 is 1.32 bits per heavy atom. The molecule has 2 N–H and O–H groups in total. The number of carbonyl (C=O) groups is 1. The van der Waals surface area contributed by atoms with Crippen molar-refractivity contribution >= 4 is 29.1 Å². The van der Waals surface area contributed by atoms with Crippen molar-refractivity contribution in [1.82, 2.24) is 25.3 Å². The number of amides is 1. The van der Waals surface area contributed by atoms with Crippen molar-refractivity contribution in [3.05, 3.63) is 58.0 Å². The largest absolute Gasteiger partial charge is 0.351 e. The highest BCUT2D eigenvalue weighted by molar-refractivity contribution is 6.36. The third-order valence-corrected chi connectivity index (χ3v) is 4.19. The van der Waals surface area contributed by atoms with Gasteiger partial charge >= 0.3 is 0 Å². The Hall–Kier alpha value is -2.31. The van der Waals surface area contributed by atoms with Gasteiger partial charge in [-0.2, -0.15) is 10.2 Å². The molecule has 3 rings (SSSR count). The number of aryl methyl sites for hydroxylation is 2. The number of nitrogens with zero attached hydrogens (tertiary/aromatic N) is 3. The molecular weight excluding hydrogens is 361 g/mol. The van der Waals surface area contributed by atoms with Gasteiger partial charge in [0.25, 0.3) is 5.91 Å². The fraction of sp³-hybridized carbons (Fsp3) is 0.235. The molecule has 2 heterocycles. The van der Waals surface area contributed by atoms with Crippen molar-refractivity contribution in [2.75, 3.05) is 6.54 Å². The molecule has 0 bridgehead atoms. The Balaban J connectivity index is 1.55. The van der Waals surface area contributed by atoms with E-state index in [0.717, 1.165) is 24.1 Å². The normalized spacial score (nSPS) is 10.8. The van der Waals surface area contributed by atoms with Crippen molar-refractivity contribution in [2.45, 2.75) is 19.9 Å². The lowest BCUT2D eigenvalue weighted by atomic mass is 10.1. The Labute approximate surface area is 155 Å². The highest BCUT2D eigenvalue weighted by Gasteiger charge is 2.12. The van der Waals surface area contributed by atoms with Crippen LogP contribution in [-0.2, 0) is 6.54 Å². The fourth-order valence-corrected chi connectivity index (χ4v) is 2.91. The van der Waals surface area contributed by atoms with Gasteiger partial charge in [-0.25, -0.2) is 0 Å². The molecule has 0 fully saturated rings. The van der Waals surface area contributed by atoms with E-state index in [1.54, 1.807) is 24.3 Å². The van der Waals surface area contributed by atoms with Crippen LogP contribution in [0, 0.1) is 6.92 Å². The summed E-state index contributed by atoms with van der Waals surface area (Å²) in [6.07, 6.45) is 4.57. The van der Waals surface area contributed by atoms with Crippen LogP contribution in [0.3, 0.4) is 0 Å². The van der Waals surface area contributed by atoms with Gasteiger partial charge in [-0.1, -0.05) is 23.2 Å². The van der Waals surface area contributed by atoms with Gasteiger partial charge < -0.3 is 5.32 Å². The predicted octanol–water partition coefficient (Wildman–Crippen LogP) is 3.71. The summed E-state index contributed by atoms with van der Waals surface area (Å²) in [4.78, 5) is 12.2. The molecule has 0 aliphatic rings. The lowest BCUT2D eigenvalue weighted by molar-refractivity contribution is 0.0947. The van der Waals surface area contributed by atoms with Crippen LogP contribution in [0.25, 0.3) is 11.3 Å². The van der Waals surface area contributed by atoms with E-state index < -0.39 is 0 Å². The third kappa shape index (κ3) is 4.41. The molecule has 130 valence electrons. The number of aromatic amines is 1. The van der Waals surface area contributed by atoms with E-state index in [2.05, 4.69) is 20.6 Å². The molecule has 0 unspecified atom stereocenters. The molecule has 0 spiro atoms. The molecule has 0 radical (unpaired) electrons. The number of H-pyrrole nitrogens is 1. The van der Waals surface area contributed by atoms with Gasteiger partial charge in [-0.15, -0.1) is 0 Å². The molecule has 25 heavy (non-hydrogen) atoms. The maximum absolute atomic E-state index is 12.2. The van der Waals surface area contributed by atoms with Crippen LogP contribution in [0.5, 0.6) is 0 Å². The average molecular weight is 378 g/mol. The summed E-state index contributed by atoms with van der Waals surface area (Å²) >= 11 is 12.1. The number of aromatic nitrogens is 4. The van der Waals surface area contributed by atoms with Gasteiger partial charge in [0.15, 0.2) is 0 Å². The minimum absolute atomic E-state index is 0.208. The first-order chi connectivity index (χ1) is 12.0. The summed E-state index contributed by atoms with van der Waals surface area (Å²) in [6, 6.07) is 6.81. The SMILES string of the molecule is Cc1cnn(CCCNC(=O)c2cc(-c3ccc(Cl)cc3Cl)n[nH]2)c1. The average Bonchev–Trinajstić information content (AvgIpc) is 3.21. The first-order valence-electron chi connectivity index (χ1n) is 7.81. The fourth-order valence-electron chi connectivity index (χ4n) is 2.40. The summed E-state index contributed by atoms with van der Waals surface area (Å²) in [5, 5.41) is 15.0. The van der Waals surface area contributed by atoms with E-state index in [9.17, 15) is 4.79 Å². The summed E-state index contributed by atoms with van der Waals surface area (Å²) in [6.45, 7) is 3.30. The van der Waals surface area contributed by atoms with Gasteiger partial charge in [0.1, 0.15) is 5.69 Å². The number of hydrogen-bond acceptors (Lipinski definition) is 3. The zero-order chi connectivity index (χ0) is 17.8. The van der Waals surface area contributed by atoms with E-state index in [4.69, 9.17) is 23.2 Å². The van der Waals surface area contributed by atoms with Crippen LogP contribution in [0.1, 0.15) is 22.5 Å². The molecule has 0 atom stereocenters. The summed E-state index contributed by atoms with van der Waals surface area (Å²) < 4.78 is 1.86. The van der Waals surface area contributed by atoms with Crippen molar-refractivity contribution < 1.29 is 4.79 Å². The molecule has 0 aliphatic heterocycles. The van der Waals surface area contributed by atoms with Gasteiger partial charge in [0.2, 0.25) is 0 Å². The van der Waals surface area contributed by atoms with E-state index in [-0.39, 0.29) is 5.91 Å². The lowest BCUT2D eigenvalue weighted by Crippen LogP contribution is -2.25.